The van der Waals surface area contributed by atoms with Gasteiger partial charge in [-0.1, -0.05) is 46.4 Å². The lowest BCUT2D eigenvalue weighted by Crippen LogP contribution is -2.46. The van der Waals surface area contributed by atoms with Crippen molar-refractivity contribution >= 4 is 58.3 Å². The van der Waals surface area contributed by atoms with Crippen LogP contribution in [0.3, 0.4) is 0 Å². The molecular weight excluding hydrogens is 302 g/mol. The molecule has 0 bridgehead atoms. The maximum atomic E-state index is 11.0. The standard InChI is InChI=1S/C8H4Cl4O4/c9-2-1-3(10)8(12,7(15)16)4(5(2)11)6(13)14/h1,4H,(H,13,14)(H,15,16). The van der Waals surface area contributed by atoms with Crippen molar-refractivity contribution in [3.63, 3.8) is 0 Å². The Labute approximate surface area is 110 Å². The molecule has 0 fully saturated rings. The lowest BCUT2D eigenvalue weighted by molar-refractivity contribution is -0.148. The van der Waals surface area contributed by atoms with Crippen molar-refractivity contribution in [1.82, 2.24) is 0 Å². The number of hydrogen-bond donors (Lipinski definition) is 2. The minimum absolute atomic E-state index is 0.142. The third-order valence-corrected chi connectivity index (χ3v) is 3.96. The summed E-state index contributed by atoms with van der Waals surface area (Å²) in [5, 5.41) is 17.0. The van der Waals surface area contributed by atoms with Gasteiger partial charge in [0.15, 0.2) is 4.87 Å². The van der Waals surface area contributed by atoms with Gasteiger partial charge in [0.1, 0.15) is 5.92 Å². The van der Waals surface area contributed by atoms with Crippen molar-refractivity contribution in [1.29, 1.82) is 0 Å². The third-order valence-electron chi connectivity index (χ3n) is 2.04. The Morgan fingerprint density at radius 1 is 1.25 bits per heavy atom. The lowest BCUT2D eigenvalue weighted by atomic mass is 9.87. The van der Waals surface area contributed by atoms with E-state index in [1.54, 1.807) is 0 Å². The van der Waals surface area contributed by atoms with Gasteiger partial charge in [-0.2, -0.15) is 0 Å². The molecule has 1 rings (SSSR count). The highest BCUT2D eigenvalue weighted by Crippen LogP contribution is 2.47. The maximum Gasteiger partial charge on any atom is 0.331 e. The van der Waals surface area contributed by atoms with Crippen molar-refractivity contribution in [2.24, 2.45) is 5.92 Å². The first-order valence-corrected chi connectivity index (χ1v) is 5.32. The van der Waals surface area contributed by atoms with Crippen LogP contribution in [0.1, 0.15) is 0 Å². The van der Waals surface area contributed by atoms with Crippen LogP contribution >= 0.6 is 46.4 Å². The highest BCUT2D eigenvalue weighted by molar-refractivity contribution is 6.51. The summed E-state index contributed by atoms with van der Waals surface area (Å²) in [6.45, 7) is 0. The molecule has 0 aromatic heterocycles. The molecule has 8 heteroatoms. The minimum atomic E-state index is -2.33. The van der Waals surface area contributed by atoms with Crippen LogP contribution in [-0.4, -0.2) is 27.0 Å². The average Bonchev–Trinajstić information content (AvgIpc) is 2.14. The third kappa shape index (κ3) is 1.91. The second-order valence-corrected chi connectivity index (χ2v) is 4.79. The van der Waals surface area contributed by atoms with E-state index in [0.29, 0.717) is 0 Å². The van der Waals surface area contributed by atoms with Gasteiger partial charge < -0.3 is 10.2 Å². The number of allylic oxidation sites excluding steroid dienone is 2. The summed E-state index contributed by atoms with van der Waals surface area (Å²) in [5.41, 5.74) is 0. The van der Waals surface area contributed by atoms with E-state index in [1.807, 2.05) is 0 Å². The second-order valence-electron chi connectivity index (χ2n) is 2.98. The van der Waals surface area contributed by atoms with Crippen molar-refractivity contribution < 1.29 is 19.8 Å². The fourth-order valence-corrected chi connectivity index (χ4v) is 2.44. The van der Waals surface area contributed by atoms with Crippen molar-refractivity contribution in [2.75, 3.05) is 0 Å². The van der Waals surface area contributed by atoms with Gasteiger partial charge in [-0.3, -0.25) is 4.79 Å². The summed E-state index contributed by atoms with van der Waals surface area (Å²) < 4.78 is 0. The number of carboxylic acids is 2. The van der Waals surface area contributed by atoms with E-state index in [0.717, 1.165) is 6.08 Å². The van der Waals surface area contributed by atoms with E-state index >= 15 is 0 Å². The molecule has 2 N–H and O–H groups in total. The highest BCUT2D eigenvalue weighted by atomic mass is 35.5. The molecule has 0 spiro atoms. The number of rotatable bonds is 2. The molecular formula is C8H4Cl4O4. The van der Waals surface area contributed by atoms with Crippen LogP contribution in [0, 0.1) is 5.92 Å². The molecule has 0 aliphatic heterocycles. The Morgan fingerprint density at radius 2 is 1.75 bits per heavy atom. The Bertz CT molecular complexity index is 428. The van der Waals surface area contributed by atoms with Crippen molar-refractivity contribution in [3.05, 3.63) is 21.2 Å². The van der Waals surface area contributed by atoms with Crippen LogP contribution in [0.5, 0.6) is 0 Å². The SMILES string of the molecule is O=C(O)C1C(Cl)=C(Cl)C=C(Cl)C1(Cl)C(=O)O. The summed E-state index contributed by atoms with van der Waals surface area (Å²) in [4.78, 5) is 19.6. The largest absolute Gasteiger partial charge is 0.481 e. The lowest BCUT2D eigenvalue weighted by Gasteiger charge is -2.31. The number of carboxylic acid groups (broad SMARTS) is 2. The van der Waals surface area contributed by atoms with Crippen LogP contribution < -0.4 is 0 Å². The van der Waals surface area contributed by atoms with Gasteiger partial charge >= 0.3 is 11.9 Å². The van der Waals surface area contributed by atoms with Crippen LogP contribution in [0.15, 0.2) is 21.2 Å². The first-order chi connectivity index (χ1) is 7.22. The quantitative estimate of drug-likeness (QED) is 0.769. The van der Waals surface area contributed by atoms with Gasteiger partial charge in [0.05, 0.1) is 15.1 Å². The van der Waals surface area contributed by atoms with Gasteiger partial charge in [-0.05, 0) is 6.08 Å². The van der Waals surface area contributed by atoms with Crippen LogP contribution in [0.25, 0.3) is 0 Å². The molecule has 0 aromatic rings. The maximum absolute atomic E-state index is 11.0. The molecule has 16 heavy (non-hydrogen) atoms. The molecule has 0 saturated heterocycles. The molecule has 1 aliphatic carbocycles. The number of aliphatic carboxylic acids is 2. The average molecular weight is 306 g/mol. The van der Waals surface area contributed by atoms with E-state index < -0.39 is 27.8 Å². The topological polar surface area (TPSA) is 74.6 Å². The Balaban J connectivity index is 3.46. The summed E-state index contributed by atoms with van der Waals surface area (Å²) >= 11 is 22.6. The van der Waals surface area contributed by atoms with Gasteiger partial charge in [-0.15, -0.1) is 0 Å². The summed E-state index contributed by atoms with van der Waals surface area (Å²) in [6, 6.07) is 0. The molecule has 0 saturated carbocycles. The first kappa shape index (κ1) is 13.6. The zero-order chi connectivity index (χ0) is 12.7. The van der Waals surface area contributed by atoms with Gasteiger partial charge in [0.25, 0.3) is 0 Å². The van der Waals surface area contributed by atoms with E-state index in [2.05, 4.69) is 0 Å². The number of alkyl halides is 1. The Hall–Kier alpha value is -0.420. The molecule has 2 unspecified atom stereocenters. The molecule has 2 atom stereocenters. The van der Waals surface area contributed by atoms with Crippen LogP contribution in [0.2, 0.25) is 0 Å². The number of carbonyl (C=O) groups is 2. The number of hydrogen-bond acceptors (Lipinski definition) is 2. The molecule has 4 nitrogen and oxygen atoms in total. The zero-order valence-corrected chi connectivity index (χ0v) is 10.4. The smallest absolute Gasteiger partial charge is 0.331 e. The van der Waals surface area contributed by atoms with E-state index in [-0.39, 0.29) is 10.1 Å². The predicted molar refractivity (Wildman–Crippen MR) is 60.0 cm³/mol. The molecule has 1 aliphatic rings. The van der Waals surface area contributed by atoms with Gasteiger partial charge in [-0.25, -0.2) is 4.79 Å². The number of halogens is 4. The predicted octanol–water partition coefficient (Wildman–Crippen LogP) is 2.57. The fraction of sp³-hybridized carbons (Fsp3) is 0.250. The second kappa shape index (κ2) is 4.45. The Kier molecular flexibility index (Phi) is 3.80. The molecule has 0 heterocycles. The minimum Gasteiger partial charge on any atom is -0.481 e. The van der Waals surface area contributed by atoms with Gasteiger partial charge in [0.2, 0.25) is 0 Å². The van der Waals surface area contributed by atoms with E-state index in [1.165, 1.54) is 0 Å². The normalized spacial score (nSPS) is 30.0. The highest BCUT2D eigenvalue weighted by Gasteiger charge is 2.55. The van der Waals surface area contributed by atoms with Crippen LogP contribution in [-0.2, 0) is 9.59 Å². The zero-order valence-electron chi connectivity index (χ0n) is 7.38. The van der Waals surface area contributed by atoms with Crippen molar-refractivity contribution in [2.45, 2.75) is 4.87 Å². The fourth-order valence-electron chi connectivity index (χ4n) is 1.24. The molecule has 0 amide bonds. The Morgan fingerprint density at radius 3 is 2.12 bits per heavy atom. The van der Waals surface area contributed by atoms with Gasteiger partial charge in [0, 0.05) is 0 Å². The monoisotopic (exact) mass is 304 g/mol. The van der Waals surface area contributed by atoms with E-state index in [4.69, 9.17) is 56.6 Å². The van der Waals surface area contributed by atoms with Crippen LogP contribution in [0.4, 0.5) is 0 Å². The van der Waals surface area contributed by atoms with E-state index in [9.17, 15) is 9.59 Å². The first-order valence-electron chi connectivity index (χ1n) is 3.80. The molecule has 0 aromatic carbocycles. The molecule has 88 valence electrons. The molecule has 0 radical (unpaired) electrons. The summed E-state index contributed by atoms with van der Waals surface area (Å²) in [5.74, 6) is -4.85. The van der Waals surface area contributed by atoms with Crippen molar-refractivity contribution in [3.8, 4) is 0 Å². The summed E-state index contributed by atoms with van der Waals surface area (Å²) in [7, 11) is 0. The summed E-state index contributed by atoms with van der Waals surface area (Å²) in [6.07, 6.45) is 1.02.